The summed E-state index contributed by atoms with van der Waals surface area (Å²) in [5.74, 6) is 1.59. The van der Waals surface area contributed by atoms with Gasteiger partial charge in [0, 0.05) is 12.3 Å². The van der Waals surface area contributed by atoms with Crippen LogP contribution in [0.4, 0.5) is 0 Å². The molecule has 1 N–H and O–H groups in total. The van der Waals surface area contributed by atoms with Gasteiger partial charge in [-0.2, -0.15) is 0 Å². The summed E-state index contributed by atoms with van der Waals surface area (Å²) < 4.78 is 5.95. The number of nitrogens with zero attached hydrogens (tertiary/aromatic N) is 1. The molecular formula is C12H18N2O. The molecule has 3 heteroatoms. The summed E-state index contributed by atoms with van der Waals surface area (Å²) in [5, 5.41) is 0. The molecule has 0 atom stereocenters. The maximum atomic E-state index is 5.95. The highest BCUT2D eigenvalue weighted by atomic mass is 16.5. The van der Waals surface area contributed by atoms with Crippen LogP contribution in [0.15, 0.2) is 0 Å². The van der Waals surface area contributed by atoms with Gasteiger partial charge in [0.15, 0.2) is 0 Å². The van der Waals surface area contributed by atoms with Crippen molar-refractivity contribution in [3.8, 4) is 0 Å². The Bertz CT molecular complexity index is 377. The Labute approximate surface area is 90.2 Å². The third kappa shape index (κ3) is 1.41. The van der Waals surface area contributed by atoms with Crippen LogP contribution in [0.25, 0.3) is 0 Å². The molecule has 1 fully saturated rings. The SMILES string of the molecule is CC(C)c1nc2c([nH]1)COC1(CCC1)C2. The third-order valence-corrected chi connectivity index (χ3v) is 3.71. The highest BCUT2D eigenvalue weighted by Crippen LogP contribution is 2.42. The first-order chi connectivity index (χ1) is 7.19. The summed E-state index contributed by atoms with van der Waals surface area (Å²) in [5.41, 5.74) is 2.62. The second kappa shape index (κ2) is 3.08. The van der Waals surface area contributed by atoms with Gasteiger partial charge in [-0.25, -0.2) is 4.98 Å². The predicted octanol–water partition coefficient (Wildman–Crippen LogP) is 2.53. The van der Waals surface area contributed by atoms with E-state index in [4.69, 9.17) is 9.72 Å². The fourth-order valence-corrected chi connectivity index (χ4v) is 2.48. The molecule has 1 aliphatic carbocycles. The van der Waals surface area contributed by atoms with Crippen LogP contribution in [0.1, 0.15) is 56.2 Å². The first-order valence-electron chi connectivity index (χ1n) is 5.90. The summed E-state index contributed by atoms with van der Waals surface area (Å²) in [6, 6.07) is 0. The largest absolute Gasteiger partial charge is 0.368 e. The fraction of sp³-hybridized carbons (Fsp3) is 0.750. The van der Waals surface area contributed by atoms with E-state index in [0.717, 1.165) is 18.9 Å². The molecule has 0 radical (unpaired) electrons. The van der Waals surface area contributed by atoms with Crippen molar-refractivity contribution in [2.75, 3.05) is 0 Å². The average molecular weight is 206 g/mol. The predicted molar refractivity (Wildman–Crippen MR) is 57.8 cm³/mol. The highest BCUT2D eigenvalue weighted by Gasteiger charge is 2.42. The van der Waals surface area contributed by atoms with Gasteiger partial charge in [0.2, 0.25) is 0 Å². The average Bonchev–Trinajstić information content (AvgIpc) is 2.57. The Kier molecular flexibility index (Phi) is 1.93. The normalized spacial score (nSPS) is 22.9. The Morgan fingerprint density at radius 1 is 1.40 bits per heavy atom. The first-order valence-corrected chi connectivity index (χ1v) is 5.90. The van der Waals surface area contributed by atoms with E-state index in [1.54, 1.807) is 0 Å². The monoisotopic (exact) mass is 206 g/mol. The number of hydrogen-bond acceptors (Lipinski definition) is 2. The smallest absolute Gasteiger partial charge is 0.109 e. The van der Waals surface area contributed by atoms with Crippen molar-refractivity contribution in [3.05, 3.63) is 17.2 Å². The maximum Gasteiger partial charge on any atom is 0.109 e. The molecule has 2 heterocycles. The number of H-pyrrole nitrogens is 1. The van der Waals surface area contributed by atoms with Gasteiger partial charge in [-0.05, 0) is 19.3 Å². The first kappa shape index (κ1) is 9.40. The van der Waals surface area contributed by atoms with Gasteiger partial charge in [0.1, 0.15) is 5.82 Å². The fourth-order valence-electron chi connectivity index (χ4n) is 2.48. The Morgan fingerprint density at radius 3 is 2.80 bits per heavy atom. The molecule has 2 aliphatic rings. The minimum atomic E-state index is 0.163. The molecule has 1 aromatic heterocycles. The van der Waals surface area contributed by atoms with Gasteiger partial charge in [0.05, 0.1) is 23.6 Å². The summed E-state index contributed by atoms with van der Waals surface area (Å²) in [6.07, 6.45) is 4.77. The number of imidazole rings is 1. The van der Waals surface area contributed by atoms with Crippen LogP contribution in [0.5, 0.6) is 0 Å². The number of hydrogen-bond donors (Lipinski definition) is 1. The lowest BCUT2D eigenvalue weighted by Crippen LogP contribution is -2.44. The summed E-state index contributed by atoms with van der Waals surface area (Å²) >= 11 is 0. The van der Waals surface area contributed by atoms with E-state index in [9.17, 15) is 0 Å². The van der Waals surface area contributed by atoms with Crippen molar-refractivity contribution in [2.24, 2.45) is 0 Å². The molecular weight excluding hydrogens is 188 g/mol. The van der Waals surface area contributed by atoms with Gasteiger partial charge in [-0.3, -0.25) is 0 Å². The number of fused-ring (bicyclic) bond motifs is 1. The summed E-state index contributed by atoms with van der Waals surface area (Å²) in [6.45, 7) is 5.07. The van der Waals surface area contributed by atoms with Gasteiger partial charge >= 0.3 is 0 Å². The Morgan fingerprint density at radius 2 is 2.20 bits per heavy atom. The van der Waals surface area contributed by atoms with Crippen molar-refractivity contribution >= 4 is 0 Å². The van der Waals surface area contributed by atoms with Crippen LogP contribution < -0.4 is 0 Å². The second-order valence-electron chi connectivity index (χ2n) is 5.20. The second-order valence-corrected chi connectivity index (χ2v) is 5.20. The lowest BCUT2D eigenvalue weighted by Gasteiger charge is -2.43. The molecule has 0 bridgehead atoms. The Hall–Kier alpha value is -0.830. The molecule has 0 amide bonds. The topological polar surface area (TPSA) is 37.9 Å². The molecule has 0 unspecified atom stereocenters. The Balaban J connectivity index is 1.89. The molecule has 1 saturated carbocycles. The standard InChI is InChI=1S/C12H18N2O/c1-8(2)11-13-9-6-12(4-3-5-12)15-7-10(9)14-11/h8H,3-7H2,1-2H3,(H,13,14). The minimum absolute atomic E-state index is 0.163. The van der Waals surface area contributed by atoms with E-state index in [2.05, 4.69) is 18.8 Å². The zero-order valence-corrected chi connectivity index (χ0v) is 9.47. The van der Waals surface area contributed by atoms with E-state index in [-0.39, 0.29) is 5.60 Å². The number of ether oxygens (including phenoxy) is 1. The maximum absolute atomic E-state index is 5.95. The quantitative estimate of drug-likeness (QED) is 0.766. The molecule has 1 aromatic rings. The van der Waals surface area contributed by atoms with Crippen molar-refractivity contribution in [2.45, 2.75) is 57.7 Å². The van der Waals surface area contributed by atoms with Crippen LogP contribution in [-0.4, -0.2) is 15.6 Å². The van der Waals surface area contributed by atoms with E-state index < -0.39 is 0 Å². The van der Waals surface area contributed by atoms with Crippen LogP contribution in [0, 0.1) is 0 Å². The molecule has 3 nitrogen and oxygen atoms in total. The van der Waals surface area contributed by atoms with E-state index >= 15 is 0 Å². The summed E-state index contributed by atoms with van der Waals surface area (Å²) in [4.78, 5) is 8.07. The summed E-state index contributed by atoms with van der Waals surface area (Å²) in [7, 11) is 0. The zero-order valence-electron chi connectivity index (χ0n) is 9.47. The van der Waals surface area contributed by atoms with Crippen LogP contribution >= 0.6 is 0 Å². The molecule has 82 valence electrons. The van der Waals surface area contributed by atoms with Crippen molar-refractivity contribution in [3.63, 3.8) is 0 Å². The third-order valence-electron chi connectivity index (χ3n) is 3.71. The van der Waals surface area contributed by atoms with Gasteiger partial charge in [-0.1, -0.05) is 13.8 Å². The van der Waals surface area contributed by atoms with Gasteiger partial charge < -0.3 is 9.72 Å². The molecule has 0 saturated heterocycles. The van der Waals surface area contributed by atoms with E-state index in [0.29, 0.717) is 5.92 Å². The zero-order chi connectivity index (χ0) is 10.5. The van der Waals surface area contributed by atoms with Gasteiger partial charge in [-0.15, -0.1) is 0 Å². The number of aromatic nitrogens is 2. The van der Waals surface area contributed by atoms with Crippen molar-refractivity contribution < 1.29 is 4.74 Å². The van der Waals surface area contributed by atoms with Crippen LogP contribution in [-0.2, 0) is 17.8 Å². The minimum Gasteiger partial charge on any atom is -0.368 e. The molecule has 3 rings (SSSR count). The molecule has 1 aliphatic heterocycles. The number of nitrogens with one attached hydrogen (secondary N) is 1. The van der Waals surface area contributed by atoms with Crippen molar-refractivity contribution in [1.29, 1.82) is 0 Å². The molecule has 15 heavy (non-hydrogen) atoms. The van der Waals surface area contributed by atoms with Crippen molar-refractivity contribution in [1.82, 2.24) is 9.97 Å². The number of rotatable bonds is 1. The lowest BCUT2D eigenvalue weighted by molar-refractivity contribution is -0.119. The van der Waals surface area contributed by atoms with Crippen LogP contribution in [0.3, 0.4) is 0 Å². The molecule has 1 spiro atoms. The van der Waals surface area contributed by atoms with E-state index in [1.807, 2.05) is 0 Å². The van der Waals surface area contributed by atoms with E-state index in [1.165, 1.54) is 30.7 Å². The molecule has 0 aromatic carbocycles. The van der Waals surface area contributed by atoms with Gasteiger partial charge in [0.25, 0.3) is 0 Å². The highest BCUT2D eigenvalue weighted by molar-refractivity contribution is 5.21. The number of aromatic amines is 1. The van der Waals surface area contributed by atoms with Crippen LogP contribution in [0.2, 0.25) is 0 Å². The lowest BCUT2D eigenvalue weighted by atomic mass is 9.75.